The van der Waals surface area contributed by atoms with Crippen LogP contribution in [-0.2, 0) is 9.47 Å². The predicted octanol–water partition coefficient (Wildman–Crippen LogP) is 4.22. The lowest BCUT2D eigenvalue weighted by Crippen LogP contribution is -2.24. The average molecular weight is 513 g/mol. The lowest BCUT2D eigenvalue weighted by molar-refractivity contribution is 0.00689. The summed E-state index contributed by atoms with van der Waals surface area (Å²) in [6, 6.07) is 6.38. The molecule has 0 spiro atoms. The van der Waals surface area contributed by atoms with Gasteiger partial charge in [-0.2, -0.15) is 0 Å². The number of carbonyl (C=O) groups excluding carboxylic acids is 2. The van der Waals surface area contributed by atoms with E-state index in [1.807, 2.05) is 12.2 Å². The number of nitrogen functional groups attached to an aromatic ring is 2. The molecule has 1 aliphatic rings. The van der Waals surface area contributed by atoms with E-state index in [1.165, 1.54) is 0 Å². The molecule has 0 bridgehead atoms. The van der Waals surface area contributed by atoms with Crippen LogP contribution in [0.4, 0.5) is 22.7 Å². The Morgan fingerprint density at radius 1 is 0.865 bits per heavy atom. The maximum atomic E-state index is 12.6. The number of hydrogen-bond donors (Lipinski definition) is 4. The number of fused-ring (bicyclic) bond motifs is 2. The topological polar surface area (TPSA) is 147 Å². The van der Waals surface area contributed by atoms with Crippen molar-refractivity contribution in [3.05, 3.63) is 47.5 Å². The van der Waals surface area contributed by atoms with Crippen LogP contribution in [0.1, 0.15) is 54.8 Å². The van der Waals surface area contributed by atoms with Gasteiger partial charge in [0.25, 0.3) is 0 Å². The van der Waals surface area contributed by atoms with Gasteiger partial charge in [-0.15, -0.1) is 0 Å². The van der Waals surface area contributed by atoms with Crippen LogP contribution in [0.3, 0.4) is 0 Å². The van der Waals surface area contributed by atoms with Gasteiger partial charge in [0, 0.05) is 19.5 Å². The van der Waals surface area contributed by atoms with E-state index >= 15 is 0 Å². The van der Waals surface area contributed by atoms with Gasteiger partial charge < -0.3 is 41.0 Å². The third-order valence-electron chi connectivity index (χ3n) is 5.17. The first-order valence-corrected chi connectivity index (χ1v) is 12.2. The molecule has 6 N–H and O–H groups in total. The molecular formula is C27H36N4O6. The first-order valence-electron chi connectivity index (χ1n) is 12.2. The number of hydrogen-bond acceptors (Lipinski definition) is 10. The molecular weight excluding hydrogens is 476 g/mol. The van der Waals surface area contributed by atoms with E-state index < -0.39 is 17.5 Å². The molecule has 3 rings (SSSR count). The number of nitrogens with two attached hydrogens (primary N) is 2. The van der Waals surface area contributed by atoms with Gasteiger partial charge in [0.2, 0.25) is 0 Å². The summed E-state index contributed by atoms with van der Waals surface area (Å²) in [5, 5.41) is 6.50. The summed E-state index contributed by atoms with van der Waals surface area (Å²) in [6.45, 7) is 8.92. The summed E-state index contributed by atoms with van der Waals surface area (Å²) in [5.74, 6) is -0.0685. The molecule has 1 heterocycles. The van der Waals surface area contributed by atoms with Gasteiger partial charge in [-0.1, -0.05) is 12.2 Å². The molecule has 0 saturated carbocycles. The van der Waals surface area contributed by atoms with Crippen molar-refractivity contribution in [3.8, 4) is 11.5 Å². The van der Waals surface area contributed by atoms with Gasteiger partial charge in [0.05, 0.1) is 42.3 Å². The van der Waals surface area contributed by atoms with E-state index in [0.717, 1.165) is 0 Å². The molecule has 37 heavy (non-hydrogen) atoms. The summed E-state index contributed by atoms with van der Waals surface area (Å²) < 4.78 is 22.6. The molecule has 0 aliphatic carbocycles. The Morgan fingerprint density at radius 2 is 1.35 bits per heavy atom. The van der Waals surface area contributed by atoms with Crippen LogP contribution < -0.4 is 31.6 Å². The Balaban J connectivity index is 1.83. The molecule has 0 aromatic heterocycles. The molecule has 1 aliphatic heterocycles. The molecule has 0 fully saturated rings. The van der Waals surface area contributed by atoms with E-state index in [0.29, 0.717) is 71.5 Å². The summed E-state index contributed by atoms with van der Waals surface area (Å²) in [7, 11) is 0. The van der Waals surface area contributed by atoms with Crippen molar-refractivity contribution in [2.45, 2.75) is 39.7 Å². The first-order chi connectivity index (χ1) is 17.6. The van der Waals surface area contributed by atoms with Crippen molar-refractivity contribution in [1.29, 1.82) is 0 Å². The molecule has 10 heteroatoms. The second-order valence-electron chi connectivity index (χ2n) is 9.38. The highest BCUT2D eigenvalue weighted by atomic mass is 16.6. The fraction of sp³-hybridized carbons (Fsp3) is 0.407. The van der Waals surface area contributed by atoms with E-state index in [1.54, 1.807) is 52.0 Å². The number of rotatable bonds is 3. The highest BCUT2D eigenvalue weighted by molar-refractivity contribution is 5.94. The number of ether oxygens (including phenoxy) is 4. The molecule has 10 nitrogen and oxygen atoms in total. The minimum Gasteiger partial charge on any atom is -0.491 e. The normalized spacial score (nSPS) is 15.0. The zero-order valence-corrected chi connectivity index (χ0v) is 21.8. The van der Waals surface area contributed by atoms with Crippen molar-refractivity contribution < 1.29 is 28.5 Å². The lowest BCUT2D eigenvalue weighted by atomic mass is 10.1. The minimum absolute atomic E-state index is 0.257. The fourth-order valence-electron chi connectivity index (χ4n) is 3.58. The van der Waals surface area contributed by atoms with Crippen LogP contribution in [0, 0.1) is 0 Å². The standard InChI is InChI=1S/C27H36N4O6/c1-5-34-25(32)17-13-19(28)23-21(15-17)35-11-8-12-36-22-16-18(26(33)37-27(2,3)4)14-20(29)24(22)31-10-7-6-9-30-23/h6-7,13-16,30-31H,5,8-12,28-29H2,1-4H3/b7-6+. The Kier molecular flexibility index (Phi) is 9.10. The van der Waals surface area contributed by atoms with Gasteiger partial charge in [-0.05, 0) is 52.0 Å². The monoisotopic (exact) mass is 512 g/mol. The maximum Gasteiger partial charge on any atom is 0.338 e. The number of esters is 2. The van der Waals surface area contributed by atoms with Crippen molar-refractivity contribution in [2.24, 2.45) is 0 Å². The number of benzene rings is 2. The van der Waals surface area contributed by atoms with Crippen LogP contribution in [0.15, 0.2) is 36.4 Å². The maximum absolute atomic E-state index is 12.6. The molecule has 2 aromatic rings. The third-order valence-corrected chi connectivity index (χ3v) is 5.17. The van der Waals surface area contributed by atoms with Crippen LogP contribution >= 0.6 is 0 Å². The highest BCUT2D eigenvalue weighted by Gasteiger charge is 2.21. The first kappa shape index (κ1) is 27.5. The SMILES string of the molecule is CCOC(=O)c1cc(N)c2c(c1)OCCCOc1cc(C(=O)OC(C)(C)C)cc(N)c1NC/C=C/CN2. The highest BCUT2D eigenvalue weighted by Crippen LogP contribution is 2.35. The number of anilines is 4. The largest absolute Gasteiger partial charge is 0.491 e. The van der Waals surface area contributed by atoms with Crippen LogP contribution in [-0.4, -0.2) is 50.4 Å². The molecule has 0 atom stereocenters. The smallest absolute Gasteiger partial charge is 0.338 e. The summed E-state index contributed by atoms with van der Waals surface area (Å²) in [5.41, 5.74) is 14.4. The second-order valence-corrected chi connectivity index (χ2v) is 9.38. The van der Waals surface area contributed by atoms with Crippen LogP contribution in [0.25, 0.3) is 0 Å². The second kappa shape index (κ2) is 12.2. The zero-order valence-electron chi connectivity index (χ0n) is 21.8. The molecule has 0 saturated heterocycles. The van der Waals surface area contributed by atoms with Crippen molar-refractivity contribution >= 4 is 34.7 Å². The number of carbonyl (C=O) groups is 2. The van der Waals surface area contributed by atoms with Crippen molar-refractivity contribution in [2.75, 3.05) is 55.0 Å². The molecule has 200 valence electrons. The van der Waals surface area contributed by atoms with E-state index in [4.69, 9.17) is 30.4 Å². The zero-order chi connectivity index (χ0) is 27.0. The summed E-state index contributed by atoms with van der Waals surface area (Å²) in [4.78, 5) is 24.9. The van der Waals surface area contributed by atoms with Gasteiger partial charge >= 0.3 is 11.9 Å². The van der Waals surface area contributed by atoms with E-state index in [2.05, 4.69) is 10.6 Å². The molecule has 0 amide bonds. The van der Waals surface area contributed by atoms with Gasteiger partial charge in [0.15, 0.2) is 0 Å². The Morgan fingerprint density at radius 3 is 1.81 bits per heavy atom. The van der Waals surface area contributed by atoms with Crippen LogP contribution in [0.2, 0.25) is 0 Å². The Bertz CT molecular complexity index is 1160. The van der Waals surface area contributed by atoms with E-state index in [9.17, 15) is 9.59 Å². The Hall–Kier alpha value is -4.08. The van der Waals surface area contributed by atoms with Crippen molar-refractivity contribution in [3.63, 3.8) is 0 Å². The minimum atomic E-state index is -0.640. The quantitative estimate of drug-likeness (QED) is 0.268. The average Bonchev–Trinajstić information content (AvgIpc) is 2.82. The van der Waals surface area contributed by atoms with Gasteiger partial charge in [0.1, 0.15) is 28.5 Å². The molecule has 0 unspecified atom stereocenters. The molecule has 0 radical (unpaired) electrons. The van der Waals surface area contributed by atoms with E-state index in [-0.39, 0.29) is 13.2 Å². The van der Waals surface area contributed by atoms with Crippen molar-refractivity contribution in [1.82, 2.24) is 0 Å². The van der Waals surface area contributed by atoms with Gasteiger partial charge in [-0.25, -0.2) is 9.59 Å². The lowest BCUT2D eigenvalue weighted by Gasteiger charge is -2.21. The fourth-order valence-corrected chi connectivity index (χ4v) is 3.58. The molecule has 2 aromatic carbocycles. The van der Waals surface area contributed by atoms with Crippen LogP contribution in [0.5, 0.6) is 11.5 Å². The summed E-state index contributed by atoms with van der Waals surface area (Å²) in [6.07, 6.45) is 4.35. The number of nitrogens with one attached hydrogen (secondary N) is 2. The Labute approximate surface area is 217 Å². The summed E-state index contributed by atoms with van der Waals surface area (Å²) >= 11 is 0. The third kappa shape index (κ3) is 7.70. The van der Waals surface area contributed by atoms with Gasteiger partial charge in [-0.3, -0.25) is 0 Å². The predicted molar refractivity (Wildman–Crippen MR) is 145 cm³/mol.